The smallest absolute Gasteiger partial charge is 0.492 e. The molecule has 1 heterocycles. The van der Waals surface area contributed by atoms with Crippen LogP contribution < -0.4 is 10.1 Å². The van der Waals surface area contributed by atoms with Crippen LogP contribution in [-0.4, -0.2) is 34.6 Å². The summed E-state index contributed by atoms with van der Waals surface area (Å²) in [5.74, 6) is -1.71. The van der Waals surface area contributed by atoms with Crippen LogP contribution in [0.2, 0.25) is 0 Å². The molecule has 1 saturated carbocycles. The second kappa shape index (κ2) is 10.6. The maximum atomic E-state index is 13.4. The molecule has 3 atom stereocenters. The van der Waals surface area contributed by atoms with E-state index in [2.05, 4.69) is 10.1 Å². The second-order valence-electron chi connectivity index (χ2n) is 9.53. The summed E-state index contributed by atoms with van der Waals surface area (Å²) >= 11 is 1.58. The number of allylic oxidation sites excluding steroid dienone is 1. The number of benzene rings is 1. The summed E-state index contributed by atoms with van der Waals surface area (Å²) in [6.45, 7) is 1.93. The number of fused-ring (bicyclic) bond motifs is 1. The quantitative estimate of drug-likeness (QED) is 0.454. The van der Waals surface area contributed by atoms with Gasteiger partial charge in [0.15, 0.2) is 0 Å². The SMILES string of the molecule is CC1(C(NC(=O)C2=C(OCc3ccc(OC(F)(F)F)cc3)C3C=CSC3C=C2)C(=O)O)CCCCC1. The number of hydrogen-bond donors (Lipinski definition) is 2. The zero-order valence-corrected chi connectivity index (χ0v) is 20.5. The average molecular weight is 524 g/mol. The maximum Gasteiger partial charge on any atom is 0.573 e. The van der Waals surface area contributed by atoms with Crippen molar-refractivity contribution in [2.24, 2.45) is 11.3 Å². The highest BCUT2D eigenvalue weighted by molar-refractivity contribution is 8.03. The van der Waals surface area contributed by atoms with Crippen LogP contribution in [0.15, 0.2) is 59.2 Å². The van der Waals surface area contributed by atoms with E-state index in [1.54, 1.807) is 17.8 Å². The Kier molecular flexibility index (Phi) is 7.73. The van der Waals surface area contributed by atoms with Gasteiger partial charge >= 0.3 is 12.3 Å². The van der Waals surface area contributed by atoms with Gasteiger partial charge in [-0.3, -0.25) is 4.79 Å². The van der Waals surface area contributed by atoms with Gasteiger partial charge in [-0.05, 0) is 47.4 Å². The molecule has 3 unspecified atom stereocenters. The van der Waals surface area contributed by atoms with E-state index in [-0.39, 0.29) is 29.1 Å². The number of amides is 1. The van der Waals surface area contributed by atoms with Gasteiger partial charge in [0.1, 0.15) is 24.2 Å². The minimum atomic E-state index is -4.77. The molecule has 0 aromatic heterocycles. The summed E-state index contributed by atoms with van der Waals surface area (Å²) in [7, 11) is 0. The first-order chi connectivity index (χ1) is 17.1. The van der Waals surface area contributed by atoms with E-state index in [0.717, 1.165) is 32.1 Å². The van der Waals surface area contributed by atoms with Gasteiger partial charge < -0.3 is 19.9 Å². The van der Waals surface area contributed by atoms with Crippen LogP contribution >= 0.6 is 11.8 Å². The summed E-state index contributed by atoms with van der Waals surface area (Å²) < 4.78 is 47.2. The molecule has 2 N–H and O–H groups in total. The Hall–Kier alpha value is -2.88. The van der Waals surface area contributed by atoms with E-state index in [1.807, 2.05) is 24.5 Å². The molecule has 0 bridgehead atoms. The lowest BCUT2D eigenvalue weighted by Gasteiger charge is -2.39. The molecule has 0 radical (unpaired) electrons. The molecule has 10 heteroatoms. The number of carbonyl (C=O) groups is 2. The van der Waals surface area contributed by atoms with Gasteiger partial charge in [0.25, 0.3) is 5.91 Å². The number of hydrogen-bond acceptors (Lipinski definition) is 5. The van der Waals surface area contributed by atoms with E-state index < -0.39 is 29.7 Å². The van der Waals surface area contributed by atoms with Crippen molar-refractivity contribution in [2.45, 2.75) is 63.3 Å². The maximum absolute atomic E-state index is 13.4. The molecule has 1 aliphatic heterocycles. The van der Waals surface area contributed by atoms with Crippen LogP contribution in [0.1, 0.15) is 44.6 Å². The third kappa shape index (κ3) is 6.08. The van der Waals surface area contributed by atoms with Crippen molar-refractivity contribution < 1.29 is 37.3 Å². The van der Waals surface area contributed by atoms with Crippen molar-refractivity contribution in [1.82, 2.24) is 5.32 Å². The topological polar surface area (TPSA) is 84.9 Å². The fourth-order valence-electron chi connectivity index (χ4n) is 4.97. The van der Waals surface area contributed by atoms with Crippen molar-refractivity contribution >= 4 is 23.6 Å². The van der Waals surface area contributed by atoms with E-state index in [4.69, 9.17) is 4.74 Å². The summed E-state index contributed by atoms with van der Waals surface area (Å²) in [5, 5.41) is 14.6. The lowest BCUT2D eigenvalue weighted by Crippen LogP contribution is -2.52. The molecule has 1 fully saturated rings. The number of nitrogens with one attached hydrogen (secondary N) is 1. The van der Waals surface area contributed by atoms with Gasteiger partial charge in [-0.2, -0.15) is 0 Å². The van der Waals surface area contributed by atoms with Crippen molar-refractivity contribution in [3.8, 4) is 5.75 Å². The molecule has 4 rings (SSSR count). The molecule has 1 aromatic rings. The molecule has 2 aliphatic carbocycles. The molecule has 1 amide bonds. The van der Waals surface area contributed by atoms with Crippen LogP contribution in [0.4, 0.5) is 13.2 Å². The molecular formula is C26H28F3NO5S. The predicted octanol–water partition coefficient (Wildman–Crippen LogP) is 5.71. The van der Waals surface area contributed by atoms with Crippen molar-refractivity contribution in [3.63, 3.8) is 0 Å². The first-order valence-corrected chi connectivity index (χ1v) is 12.8. The number of carboxylic acid groups (broad SMARTS) is 1. The van der Waals surface area contributed by atoms with Gasteiger partial charge in [0, 0.05) is 5.25 Å². The molecule has 36 heavy (non-hydrogen) atoms. The highest BCUT2D eigenvalue weighted by Crippen LogP contribution is 2.42. The number of halogens is 3. The lowest BCUT2D eigenvalue weighted by molar-refractivity contribution is -0.274. The molecule has 0 saturated heterocycles. The van der Waals surface area contributed by atoms with Gasteiger partial charge in [-0.1, -0.05) is 50.5 Å². The van der Waals surface area contributed by atoms with Gasteiger partial charge in [0.2, 0.25) is 0 Å². The Labute approximate surface area is 211 Å². The number of ether oxygens (including phenoxy) is 2. The Morgan fingerprint density at radius 3 is 2.50 bits per heavy atom. The Bertz CT molecular complexity index is 1070. The fourth-order valence-corrected chi connectivity index (χ4v) is 5.96. The number of carbonyl (C=O) groups excluding carboxylic acids is 1. The number of rotatable bonds is 8. The summed E-state index contributed by atoms with van der Waals surface area (Å²) in [6, 6.07) is 4.29. The number of thioether (sulfide) groups is 1. The zero-order chi connectivity index (χ0) is 25.9. The second-order valence-corrected chi connectivity index (χ2v) is 10.6. The van der Waals surface area contributed by atoms with Crippen LogP contribution in [0.25, 0.3) is 0 Å². The number of aliphatic carboxylic acids is 1. The summed E-state index contributed by atoms with van der Waals surface area (Å²) in [4.78, 5) is 25.5. The third-order valence-electron chi connectivity index (χ3n) is 6.91. The van der Waals surface area contributed by atoms with Crippen LogP contribution in [0.3, 0.4) is 0 Å². The van der Waals surface area contributed by atoms with Gasteiger partial charge in [0.05, 0.1) is 11.5 Å². The monoisotopic (exact) mass is 523 g/mol. The Morgan fingerprint density at radius 1 is 1.17 bits per heavy atom. The molecule has 6 nitrogen and oxygen atoms in total. The van der Waals surface area contributed by atoms with Crippen molar-refractivity contribution in [3.05, 3.63) is 64.8 Å². The minimum absolute atomic E-state index is 0.0219. The van der Waals surface area contributed by atoms with E-state index in [9.17, 15) is 27.9 Å². The fraction of sp³-hybridized carbons (Fsp3) is 0.462. The average Bonchev–Trinajstić information content (AvgIpc) is 3.30. The van der Waals surface area contributed by atoms with E-state index in [1.165, 1.54) is 24.3 Å². The Morgan fingerprint density at radius 2 is 1.86 bits per heavy atom. The highest BCUT2D eigenvalue weighted by atomic mass is 32.2. The van der Waals surface area contributed by atoms with E-state index in [0.29, 0.717) is 11.3 Å². The first kappa shape index (κ1) is 26.2. The Balaban J connectivity index is 1.53. The zero-order valence-electron chi connectivity index (χ0n) is 19.7. The lowest BCUT2D eigenvalue weighted by atomic mass is 9.70. The van der Waals surface area contributed by atoms with Crippen LogP contribution in [0, 0.1) is 11.3 Å². The standard InChI is InChI=1S/C26H28F3NO5S/c1-25(12-3-2-4-13-25)22(24(32)33)30-23(31)19-9-10-20-18(11-14-36-20)21(19)34-15-16-5-7-17(8-6-16)35-26(27,28)29/h5-11,14,18,20,22H,2-4,12-13,15H2,1H3,(H,30,31)(H,32,33). The van der Waals surface area contributed by atoms with Gasteiger partial charge in [-0.15, -0.1) is 24.9 Å². The van der Waals surface area contributed by atoms with Crippen molar-refractivity contribution in [2.75, 3.05) is 0 Å². The summed E-state index contributed by atoms with van der Waals surface area (Å²) in [6.07, 6.45) is 5.06. The van der Waals surface area contributed by atoms with E-state index >= 15 is 0 Å². The van der Waals surface area contributed by atoms with Crippen LogP contribution in [0.5, 0.6) is 5.75 Å². The van der Waals surface area contributed by atoms with Crippen molar-refractivity contribution in [1.29, 1.82) is 0 Å². The summed E-state index contributed by atoms with van der Waals surface area (Å²) in [5.41, 5.74) is 0.313. The third-order valence-corrected chi connectivity index (χ3v) is 7.99. The molecule has 194 valence electrons. The predicted molar refractivity (Wildman–Crippen MR) is 129 cm³/mol. The number of alkyl halides is 3. The molecular weight excluding hydrogens is 495 g/mol. The molecule has 0 spiro atoms. The van der Waals surface area contributed by atoms with Gasteiger partial charge in [-0.25, -0.2) is 4.79 Å². The molecule has 3 aliphatic rings. The number of carboxylic acids is 1. The molecule has 1 aromatic carbocycles. The first-order valence-electron chi connectivity index (χ1n) is 11.8. The highest BCUT2D eigenvalue weighted by Gasteiger charge is 2.42. The normalized spacial score (nSPS) is 23.7. The largest absolute Gasteiger partial charge is 0.573 e. The minimum Gasteiger partial charge on any atom is -0.492 e. The van der Waals surface area contributed by atoms with Crippen LogP contribution in [-0.2, 0) is 20.9 Å².